The molecule has 1 saturated heterocycles. The molecule has 2 amide bonds. The van der Waals surface area contributed by atoms with Gasteiger partial charge in [-0.25, -0.2) is 0 Å². The minimum atomic E-state index is -1.02. The van der Waals surface area contributed by atoms with Gasteiger partial charge in [0.15, 0.2) is 0 Å². The van der Waals surface area contributed by atoms with Gasteiger partial charge in [0.25, 0.3) is 0 Å². The smallest absolute Gasteiger partial charge is 0.317 e. The van der Waals surface area contributed by atoms with Crippen LogP contribution in [0.15, 0.2) is 0 Å². The summed E-state index contributed by atoms with van der Waals surface area (Å²) in [5, 5.41) is 33.9. The molecule has 0 saturated carbocycles. The normalized spacial score (nSPS) is 17.4. The molecule has 17 heteroatoms. The molecule has 1 fully saturated rings. The monoisotopic (exact) mass is 746 g/mol. The number of rotatable bonds is 25. The van der Waals surface area contributed by atoms with Gasteiger partial charge >= 0.3 is 17.9 Å². The molecule has 0 aliphatic carbocycles. The topological polar surface area (TPSA) is 211 Å². The molecule has 1 rings (SSSR count). The molecule has 0 aromatic rings. The fourth-order valence-corrected chi connectivity index (χ4v) is 5.50. The van der Waals surface area contributed by atoms with Gasteiger partial charge in [0, 0.05) is 78.5 Å². The number of nitrogens with one attached hydrogen (secondary N) is 2. The van der Waals surface area contributed by atoms with E-state index in [-0.39, 0.29) is 43.6 Å². The summed E-state index contributed by atoms with van der Waals surface area (Å²) in [6.07, 6.45) is 3.48. The molecule has 302 valence electrons. The summed E-state index contributed by atoms with van der Waals surface area (Å²) in [6, 6.07) is 0. The third kappa shape index (κ3) is 23.6. The van der Waals surface area contributed by atoms with E-state index in [0.717, 1.165) is 12.8 Å². The molecule has 1 aliphatic heterocycles. The van der Waals surface area contributed by atoms with Crippen LogP contribution in [0.3, 0.4) is 0 Å². The minimum absolute atomic E-state index is 0.0334. The Kier molecular flexibility index (Phi) is 23.5. The predicted molar refractivity (Wildman–Crippen MR) is 194 cm³/mol. The van der Waals surface area contributed by atoms with Crippen molar-refractivity contribution in [2.75, 3.05) is 118 Å². The van der Waals surface area contributed by atoms with E-state index in [9.17, 15) is 39.3 Å². The quantitative estimate of drug-likeness (QED) is 0.0795. The van der Waals surface area contributed by atoms with Crippen LogP contribution in [0, 0.1) is 0 Å². The lowest BCUT2D eigenvalue weighted by atomic mass is 9.99. The number of carbonyl (C=O) groups is 5. The van der Waals surface area contributed by atoms with E-state index in [4.69, 9.17) is 14.2 Å². The van der Waals surface area contributed by atoms with E-state index in [1.807, 2.05) is 32.6 Å². The second kappa shape index (κ2) is 25.9. The first-order chi connectivity index (χ1) is 24.6. The van der Waals surface area contributed by atoms with Crippen LogP contribution >= 0.6 is 0 Å². The zero-order chi connectivity index (χ0) is 39.0. The van der Waals surface area contributed by atoms with Gasteiger partial charge in [-0.15, -0.1) is 0 Å². The van der Waals surface area contributed by atoms with Gasteiger partial charge in [-0.3, -0.25) is 43.6 Å². The first-order valence-electron chi connectivity index (χ1n) is 18.5. The van der Waals surface area contributed by atoms with Crippen LogP contribution in [0.4, 0.5) is 0 Å². The molecule has 17 nitrogen and oxygen atoms in total. The Balaban J connectivity index is 2.54. The van der Waals surface area contributed by atoms with Gasteiger partial charge in [0.05, 0.1) is 57.2 Å². The number of nitrogens with zero attached hydrogens (tertiary/aromatic N) is 4. The Labute approximate surface area is 309 Å². The van der Waals surface area contributed by atoms with E-state index in [2.05, 4.69) is 17.6 Å². The molecule has 0 bridgehead atoms. The SMILES string of the molecule is CCCC(=O)NCCOC(C)(C)CCOC(C)(CC)CCOCCNC(=O)CN1CCN(CC(=O)O)CCN(CC(=O)O)CCN(CC(=O)O)CC1. The maximum atomic E-state index is 12.9. The number of hydrogen-bond donors (Lipinski definition) is 5. The number of ether oxygens (including phenoxy) is 3. The van der Waals surface area contributed by atoms with Gasteiger partial charge in [-0.2, -0.15) is 0 Å². The number of carboxylic acids is 3. The lowest BCUT2D eigenvalue weighted by Gasteiger charge is -2.32. The lowest BCUT2D eigenvalue weighted by molar-refractivity contribution is -0.140. The van der Waals surface area contributed by atoms with Crippen LogP contribution in [-0.4, -0.2) is 194 Å². The Morgan fingerprint density at radius 1 is 0.577 bits per heavy atom. The Bertz CT molecular complexity index is 1050. The average Bonchev–Trinajstić information content (AvgIpc) is 3.05. The van der Waals surface area contributed by atoms with E-state index >= 15 is 0 Å². The van der Waals surface area contributed by atoms with Gasteiger partial charge < -0.3 is 40.2 Å². The average molecular weight is 747 g/mol. The van der Waals surface area contributed by atoms with Gasteiger partial charge in [-0.1, -0.05) is 13.8 Å². The van der Waals surface area contributed by atoms with Crippen molar-refractivity contribution in [1.29, 1.82) is 0 Å². The van der Waals surface area contributed by atoms with Crippen molar-refractivity contribution in [3.63, 3.8) is 0 Å². The third-order valence-electron chi connectivity index (χ3n) is 9.01. The van der Waals surface area contributed by atoms with Crippen molar-refractivity contribution in [1.82, 2.24) is 30.2 Å². The zero-order valence-electron chi connectivity index (χ0n) is 32.2. The summed E-state index contributed by atoms with van der Waals surface area (Å²) in [5.74, 6) is -3.22. The summed E-state index contributed by atoms with van der Waals surface area (Å²) >= 11 is 0. The summed E-state index contributed by atoms with van der Waals surface area (Å²) < 4.78 is 18.0. The van der Waals surface area contributed by atoms with Crippen LogP contribution in [-0.2, 0) is 38.2 Å². The molecule has 0 aromatic carbocycles. The molecule has 1 atom stereocenters. The standard InChI is InChI=1S/C35H66N6O11/c1-6-8-29(42)36-12-24-51-34(3,4)9-22-52-35(5,7-2)10-21-50-23-11-37-30(43)25-38-13-15-39(26-31(44)45)17-19-41(28-33(48)49)20-18-40(16-14-38)27-32(46)47/h6-28H2,1-5H3,(H,36,42)(H,37,43)(H,44,45)(H,46,47)(H,48,49). The molecule has 52 heavy (non-hydrogen) atoms. The maximum absolute atomic E-state index is 12.9. The van der Waals surface area contributed by atoms with E-state index in [1.165, 1.54) is 0 Å². The molecule has 0 radical (unpaired) electrons. The minimum Gasteiger partial charge on any atom is -0.480 e. The number of carbonyl (C=O) groups excluding carboxylic acids is 2. The van der Waals surface area contributed by atoms with Crippen molar-refractivity contribution in [3.8, 4) is 0 Å². The zero-order valence-corrected chi connectivity index (χ0v) is 32.2. The van der Waals surface area contributed by atoms with Crippen molar-refractivity contribution in [2.45, 2.75) is 77.9 Å². The van der Waals surface area contributed by atoms with Gasteiger partial charge in [-0.05, 0) is 46.5 Å². The Hall–Kier alpha value is -2.93. The second-order valence-corrected chi connectivity index (χ2v) is 14.1. The molecular formula is C35H66N6O11. The molecule has 1 heterocycles. The molecule has 0 aromatic heterocycles. The van der Waals surface area contributed by atoms with E-state index in [0.29, 0.717) is 111 Å². The first-order valence-corrected chi connectivity index (χ1v) is 18.5. The van der Waals surface area contributed by atoms with Crippen molar-refractivity contribution < 1.29 is 53.5 Å². The van der Waals surface area contributed by atoms with Crippen LogP contribution in [0.5, 0.6) is 0 Å². The fourth-order valence-electron chi connectivity index (χ4n) is 5.50. The third-order valence-corrected chi connectivity index (χ3v) is 9.01. The number of amides is 2. The van der Waals surface area contributed by atoms with Crippen molar-refractivity contribution in [3.05, 3.63) is 0 Å². The van der Waals surface area contributed by atoms with Crippen LogP contribution in [0.1, 0.15) is 66.7 Å². The highest BCUT2D eigenvalue weighted by Gasteiger charge is 2.26. The predicted octanol–water partition coefficient (Wildman–Crippen LogP) is 0.272. The van der Waals surface area contributed by atoms with Crippen molar-refractivity contribution in [2.24, 2.45) is 0 Å². The molecule has 1 unspecified atom stereocenters. The van der Waals surface area contributed by atoms with Crippen LogP contribution in [0.25, 0.3) is 0 Å². The van der Waals surface area contributed by atoms with E-state index in [1.54, 1.807) is 14.7 Å². The number of aliphatic carboxylic acids is 3. The highest BCUT2D eigenvalue weighted by molar-refractivity contribution is 5.78. The van der Waals surface area contributed by atoms with Crippen LogP contribution < -0.4 is 10.6 Å². The largest absolute Gasteiger partial charge is 0.480 e. The number of carboxylic acid groups (broad SMARTS) is 3. The summed E-state index contributed by atoms with van der Waals surface area (Å²) in [6.45, 7) is 14.6. The highest BCUT2D eigenvalue weighted by Crippen LogP contribution is 2.23. The van der Waals surface area contributed by atoms with Crippen molar-refractivity contribution >= 4 is 29.7 Å². The summed E-state index contributed by atoms with van der Waals surface area (Å²) in [5.41, 5.74) is -0.782. The second-order valence-electron chi connectivity index (χ2n) is 14.1. The molecule has 5 N–H and O–H groups in total. The summed E-state index contributed by atoms with van der Waals surface area (Å²) in [4.78, 5) is 65.9. The fraction of sp³-hybridized carbons (Fsp3) is 0.857. The lowest BCUT2D eigenvalue weighted by Crippen LogP contribution is -2.50. The van der Waals surface area contributed by atoms with Crippen LogP contribution in [0.2, 0.25) is 0 Å². The highest BCUT2D eigenvalue weighted by atomic mass is 16.5. The molecular weight excluding hydrogens is 680 g/mol. The first kappa shape index (κ1) is 47.1. The number of hydrogen-bond acceptors (Lipinski definition) is 12. The maximum Gasteiger partial charge on any atom is 0.317 e. The molecule has 1 aliphatic rings. The van der Waals surface area contributed by atoms with Gasteiger partial charge in [0.2, 0.25) is 11.8 Å². The van der Waals surface area contributed by atoms with E-state index < -0.39 is 23.5 Å². The van der Waals surface area contributed by atoms with Gasteiger partial charge in [0.1, 0.15) is 0 Å². The molecule has 0 spiro atoms. The Morgan fingerprint density at radius 2 is 1.02 bits per heavy atom. The Morgan fingerprint density at radius 3 is 1.46 bits per heavy atom. The summed E-state index contributed by atoms with van der Waals surface area (Å²) in [7, 11) is 0.